The molecule has 1 aromatic heterocycles. The molecule has 8 nitrogen and oxygen atoms in total. The van der Waals surface area contributed by atoms with Gasteiger partial charge in [-0.15, -0.1) is 0 Å². The second kappa shape index (κ2) is 18.5. The maximum absolute atomic E-state index is 13.3. The Bertz CT molecular complexity index is 1500. The molecule has 0 saturated carbocycles. The lowest BCUT2D eigenvalue weighted by molar-refractivity contribution is -0.903. The predicted molar refractivity (Wildman–Crippen MR) is 188 cm³/mol. The van der Waals surface area contributed by atoms with Crippen molar-refractivity contribution in [2.75, 3.05) is 44.4 Å². The van der Waals surface area contributed by atoms with E-state index in [1.165, 1.54) is 77.0 Å². The van der Waals surface area contributed by atoms with Crippen LogP contribution >= 0.6 is 0 Å². The fourth-order valence-corrected chi connectivity index (χ4v) is 6.61. The van der Waals surface area contributed by atoms with Gasteiger partial charge in [0, 0.05) is 42.1 Å². The average Bonchev–Trinajstić information content (AvgIpc) is 3.00. The fraction of sp³-hybridized carbons (Fsp3) is 0.595. The minimum Gasteiger partial charge on any atom is -0.748 e. The molecule has 0 radical (unpaired) electrons. The first kappa shape index (κ1) is 37.6. The highest BCUT2D eigenvalue weighted by Gasteiger charge is 2.20. The number of benzene rings is 2. The summed E-state index contributed by atoms with van der Waals surface area (Å²) in [6.45, 7) is 7.54. The van der Waals surface area contributed by atoms with E-state index < -0.39 is 27.0 Å². The molecule has 0 aliphatic heterocycles. The molecule has 0 aliphatic carbocycles. The average molecular weight is 657 g/mol. The number of rotatable bonds is 22. The van der Waals surface area contributed by atoms with Gasteiger partial charge in [0.2, 0.25) is 11.2 Å². The molecule has 1 heterocycles. The molecule has 0 unspecified atom stereocenters. The third-order valence-electron chi connectivity index (χ3n) is 8.76. The normalized spacial score (nSPS) is 12.2. The standard InChI is InChI=1S/C37H56N2O6S/c1-5-7-9-11-13-15-24-38(25-16-14-12-10-8-6-2)32-21-19-31(20-22-32)37-36(41)35(40)33-28-30(18-23-34(33)45-37)29-39(3,4)26-17-27-46(42,43)44/h18-23,28H,5-17,24-27,29H2,1-4H3,(H-,41,42,43,44). The van der Waals surface area contributed by atoms with Crippen molar-refractivity contribution in [2.45, 2.75) is 104 Å². The molecule has 0 atom stereocenters. The molecule has 3 rings (SSSR count). The molecule has 46 heavy (non-hydrogen) atoms. The number of nitrogens with zero attached hydrogens (tertiary/aromatic N) is 2. The van der Waals surface area contributed by atoms with E-state index in [1.54, 1.807) is 12.1 Å². The van der Waals surface area contributed by atoms with E-state index in [0.717, 1.165) is 24.3 Å². The van der Waals surface area contributed by atoms with Crippen molar-refractivity contribution in [1.82, 2.24) is 0 Å². The van der Waals surface area contributed by atoms with E-state index in [9.17, 15) is 22.9 Å². The number of hydrogen-bond acceptors (Lipinski definition) is 7. The molecular weight excluding hydrogens is 600 g/mol. The first-order chi connectivity index (χ1) is 21.9. The lowest BCUT2D eigenvalue weighted by Gasteiger charge is -2.30. The summed E-state index contributed by atoms with van der Waals surface area (Å²) in [5, 5.41) is 11.2. The Labute approximate surface area is 276 Å². The highest BCUT2D eigenvalue weighted by Crippen LogP contribution is 2.32. The van der Waals surface area contributed by atoms with Crippen molar-refractivity contribution in [3.8, 4) is 17.1 Å². The lowest BCUT2D eigenvalue weighted by Crippen LogP contribution is -2.40. The van der Waals surface area contributed by atoms with E-state index in [-0.39, 0.29) is 12.2 Å². The highest BCUT2D eigenvalue weighted by atomic mass is 32.2. The molecule has 0 aliphatic rings. The maximum Gasteiger partial charge on any atom is 0.235 e. The number of fused-ring (bicyclic) bond motifs is 1. The van der Waals surface area contributed by atoms with Gasteiger partial charge in [0.05, 0.1) is 36.1 Å². The topological polar surface area (TPSA) is 111 Å². The van der Waals surface area contributed by atoms with Gasteiger partial charge < -0.3 is 23.5 Å². The summed E-state index contributed by atoms with van der Waals surface area (Å²) in [5.74, 6) is -0.655. The summed E-state index contributed by atoms with van der Waals surface area (Å²) in [4.78, 5) is 15.8. The largest absolute Gasteiger partial charge is 0.748 e. The van der Waals surface area contributed by atoms with Crippen LogP contribution in [-0.2, 0) is 16.7 Å². The molecule has 1 N–H and O–H groups in total. The monoisotopic (exact) mass is 656 g/mol. The van der Waals surface area contributed by atoms with E-state index in [0.29, 0.717) is 34.1 Å². The molecule has 256 valence electrons. The van der Waals surface area contributed by atoms with Gasteiger partial charge in [-0.05, 0) is 55.3 Å². The van der Waals surface area contributed by atoms with Crippen LogP contribution in [0.2, 0.25) is 0 Å². The number of aromatic hydroxyl groups is 1. The Morgan fingerprint density at radius 2 is 1.37 bits per heavy atom. The Kier molecular flexibility index (Phi) is 15.1. The Balaban J connectivity index is 1.74. The van der Waals surface area contributed by atoms with Crippen LogP contribution in [-0.4, -0.2) is 62.0 Å². The zero-order chi connectivity index (χ0) is 33.6. The van der Waals surface area contributed by atoms with Crippen LogP contribution in [0.4, 0.5) is 5.69 Å². The molecular formula is C37H56N2O6S. The maximum atomic E-state index is 13.3. The Morgan fingerprint density at radius 1 is 0.804 bits per heavy atom. The van der Waals surface area contributed by atoms with Crippen molar-refractivity contribution >= 4 is 26.8 Å². The van der Waals surface area contributed by atoms with Crippen LogP contribution in [0.5, 0.6) is 5.75 Å². The highest BCUT2D eigenvalue weighted by molar-refractivity contribution is 7.85. The molecule has 0 spiro atoms. The SMILES string of the molecule is CCCCCCCCN(CCCCCCCC)c1ccc(-c2oc3ccc(C[N+](C)(C)CCCS(=O)(=O)[O-])cc3c(=O)c2O)cc1. The summed E-state index contributed by atoms with van der Waals surface area (Å²) in [6.07, 6.45) is 15.4. The zero-order valence-electron chi connectivity index (χ0n) is 28.6. The first-order valence-corrected chi connectivity index (χ1v) is 18.9. The van der Waals surface area contributed by atoms with Crippen molar-refractivity contribution in [2.24, 2.45) is 0 Å². The van der Waals surface area contributed by atoms with Crippen LogP contribution in [0.1, 0.15) is 103 Å². The first-order valence-electron chi connectivity index (χ1n) is 17.3. The summed E-state index contributed by atoms with van der Waals surface area (Å²) in [6, 6.07) is 13.3. The molecule has 0 amide bonds. The summed E-state index contributed by atoms with van der Waals surface area (Å²) in [5.41, 5.74) is 2.54. The molecule has 0 fully saturated rings. The van der Waals surface area contributed by atoms with Gasteiger partial charge in [-0.1, -0.05) is 78.1 Å². The van der Waals surface area contributed by atoms with Crippen LogP contribution in [0, 0.1) is 0 Å². The summed E-state index contributed by atoms with van der Waals surface area (Å²) >= 11 is 0. The minimum absolute atomic E-state index is 0.158. The predicted octanol–water partition coefficient (Wildman–Crippen LogP) is 8.20. The number of unbranched alkanes of at least 4 members (excludes halogenated alkanes) is 10. The third kappa shape index (κ3) is 12.4. The van der Waals surface area contributed by atoms with Crippen LogP contribution < -0.4 is 10.3 Å². The van der Waals surface area contributed by atoms with Crippen molar-refractivity contribution in [3.63, 3.8) is 0 Å². The number of quaternary nitrogens is 1. The second-order valence-electron chi connectivity index (χ2n) is 13.4. The van der Waals surface area contributed by atoms with Crippen LogP contribution in [0.15, 0.2) is 51.7 Å². The van der Waals surface area contributed by atoms with Gasteiger partial charge in [0.15, 0.2) is 5.76 Å². The molecule has 9 heteroatoms. The molecule has 0 saturated heterocycles. The molecule has 3 aromatic rings. The van der Waals surface area contributed by atoms with Gasteiger partial charge in [-0.25, -0.2) is 8.42 Å². The van der Waals surface area contributed by atoms with E-state index >= 15 is 0 Å². The van der Waals surface area contributed by atoms with E-state index in [1.807, 2.05) is 32.3 Å². The second-order valence-corrected chi connectivity index (χ2v) is 15.0. The molecule has 0 bridgehead atoms. The van der Waals surface area contributed by atoms with E-state index in [2.05, 4.69) is 30.9 Å². The molecule has 2 aromatic carbocycles. The van der Waals surface area contributed by atoms with Crippen molar-refractivity contribution in [1.29, 1.82) is 0 Å². The minimum atomic E-state index is -4.25. The Morgan fingerprint density at radius 3 is 1.93 bits per heavy atom. The smallest absolute Gasteiger partial charge is 0.235 e. The number of hydrogen-bond donors (Lipinski definition) is 1. The number of anilines is 1. The third-order valence-corrected chi connectivity index (χ3v) is 9.55. The van der Waals surface area contributed by atoms with Crippen LogP contribution in [0.3, 0.4) is 0 Å². The quantitative estimate of drug-likeness (QED) is 0.0659. The fourth-order valence-electron chi connectivity index (χ4n) is 6.13. The lowest BCUT2D eigenvalue weighted by atomic mass is 10.1. The van der Waals surface area contributed by atoms with Gasteiger partial charge in [-0.3, -0.25) is 4.79 Å². The van der Waals surface area contributed by atoms with Gasteiger partial charge in [0.1, 0.15) is 12.1 Å². The Hall–Kier alpha value is -2.88. The van der Waals surface area contributed by atoms with Crippen molar-refractivity contribution < 1.29 is 27.0 Å². The summed E-state index contributed by atoms with van der Waals surface area (Å²) < 4.78 is 39.5. The van der Waals surface area contributed by atoms with Crippen molar-refractivity contribution in [3.05, 3.63) is 58.3 Å². The van der Waals surface area contributed by atoms with Crippen LogP contribution in [0.25, 0.3) is 22.3 Å². The van der Waals surface area contributed by atoms with Gasteiger partial charge in [-0.2, -0.15) is 0 Å². The van der Waals surface area contributed by atoms with Gasteiger partial charge in [0.25, 0.3) is 0 Å². The zero-order valence-corrected chi connectivity index (χ0v) is 29.4. The van der Waals surface area contributed by atoms with Gasteiger partial charge >= 0.3 is 0 Å². The summed E-state index contributed by atoms with van der Waals surface area (Å²) in [7, 11) is -0.370. The van der Waals surface area contributed by atoms with E-state index in [4.69, 9.17) is 4.42 Å².